The van der Waals surface area contributed by atoms with Gasteiger partial charge in [-0.1, -0.05) is 36.4 Å². The van der Waals surface area contributed by atoms with Crippen molar-refractivity contribution in [1.29, 1.82) is 0 Å². The largest absolute Gasteiger partial charge is 0.393 e. The molecule has 5 aromatic rings. The van der Waals surface area contributed by atoms with Crippen LogP contribution in [0.15, 0.2) is 66.9 Å². The maximum atomic E-state index is 14.1. The molecule has 3 N–H and O–H groups in total. The van der Waals surface area contributed by atoms with Gasteiger partial charge in [-0.05, 0) is 49.1 Å². The standard InChI is InChI=1S/C26H22FN5O/c1-15-9-23-29-14-18-11-22(17-3-2-4-20(27)10-17)24(30-25(18)32(23)31-15)16-5-7-19(8-6-16)26(28)12-21(33)13-26/h2-11,14,21,33H,12-13,28H2,1H3/t21-,26-. The average Bonchev–Trinajstić information content (AvgIpc) is 3.18. The minimum Gasteiger partial charge on any atom is -0.393 e. The van der Waals surface area contributed by atoms with Gasteiger partial charge in [-0.2, -0.15) is 9.61 Å². The summed E-state index contributed by atoms with van der Waals surface area (Å²) in [5, 5.41) is 15.1. The molecule has 3 aromatic heterocycles. The first kappa shape index (κ1) is 20.0. The number of benzene rings is 2. The Labute approximate surface area is 189 Å². The molecule has 0 amide bonds. The molecule has 33 heavy (non-hydrogen) atoms. The minimum atomic E-state index is -0.495. The lowest BCUT2D eigenvalue weighted by Crippen LogP contribution is -2.51. The fourth-order valence-electron chi connectivity index (χ4n) is 4.73. The molecule has 1 saturated carbocycles. The van der Waals surface area contributed by atoms with Gasteiger partial charge in [0.25, 0.3) is 0 Å². The van der Waals surface area contributed by atoms with Gasteiger partial charge < -0.3 is 10.8 Å². The Kier molecular flexibility index (Phi) is 4.33. The monoisotopic (exact) mass is 439 g/mol. The zero-order valence-corrected chi connectivity index (χ0v) is 18.0. The van der Waals surface area contributed by atoms with Crippen molar-refractivity contribution in [2.24, 2.45) is 5.73 Å². The summed E-state index contributed by atoms with van der Waals surface area (Å²) in [7, 11) is 0. The maximum Gasteiger partial charge on any atom is 0.165 e. The molecule has 6 rings (SSSR count). The highest BCUT2D eigenvalue weighted by molar-refractivity contribution is 5.90. The molecular weight excluding hydrogens is 417 g/mol. The smallest absolute Gasteiger partial charge is 0.165 e. The molecule has 0 aliphatic heterocycles. The fourth-order valence-corrected chi connectivity index (χ4v) is 4.73. The summed E-state index contributed by atoms with van der Waals surface area (Å²) in [6, 6.07) is 18.3. The molecule has 0 bridgehead atoms. The van der Waals surface area contributed by atoms with Crippen molar-refractivity contribution in [3.8, 4) is 22.4 Å². The van der Waals surface area contributed by atoms with Gasteiger partial charge in [-0.15, -0.1) is 0 Å². The molecule has 0 unspecified atom stereocenters. The Morgan fingerprint density at radius 1 is 1.06 bits per heavy atom. The van der Waals surface area contributed by atoms with Gasteiger partial charge in [-0.25, -0.2) is 14.4 Å². The van der Waals surface area contributed by atoms with E-state index in [0.717, 1.165) is 44.7 Å². The molecule has 1 aliphatic carbocycles. The highest BCUT2D eigenvalue weighted by atomic mass is 19.1. The van der Waals surface area contributed by atoms with Gasteiger partial charge in [0, 0.05) is 34.3 Å². The zero-order chi connectivity index (χ0) is 22.7. The van der Waals surface area contributed by atoms with E-state index in [9.17, 15) is 9.50 Å². The number of aliphatic hydroxyl groups excluding tert-OH is 1. The van der Waals surface area contributed by atoms with Crippen LogP contribution >= 0.6 is 0 Å². The van der Waals surface area contributed by atoms with E-state index in [4.69, 9.17) is 10.7 Å². The molecule has 0 spiro atoms. The number of aryl methyl sites for hydroxylation is 1. The van der Waals surface area contributed by atoms with Gasteiger partial charge in [0.05, 0.1) is 17.5 Å². The van der Waals surface area contributed by atoms with Crippen LogP contribution in [0, 0.1) is 12.7 Å². The molecule has 3 heterocycles. The third kappa shape index (κ3) is 3.28. The van der Waals surface area contributed by atoms with Crippen LogP contribution in [-0.2, 0) is 5.54 Å². The molecule has 1 aliphatic rings. The number of aromatic nitrogens is 4. The first-order valence-corrected chi connectivity index (χ1v) is 10.9. The van der Waals surface area contributed by atoms with Crippen molar-refractivity contribution < 1.29 is 9.50 Å². The highest BCUT2D eigenvalue weighted by Gasteiger charge is 2.41. The molecule has 1 fully saturated rings. The summed E-state index contributed by atoms with van der Waals surface area (Å²) in [6.07, 6.45) is 2.54. The van der Waals surface area contributed by atoms with E-state index >= 15 is 0 Å². The Bertz CT molecular complexity index is 1520. The summed E-state index contributed by atoms with van der Waals surface area (Å²) in [5.74, 6) is -0.307. The lowest BCUT2D eigenvalue weighted by Gasteiger charge is -2.42. The van der Waals surface area contributed by atoms with Gasteiger partial charge in [0.15, 0.2) is 11.3 Å². The van der Waals surface area contributed by atoms with Crippen molar-refractivity contribution in [1.82, 2.24) is 19.6 Å². The molecule has 2 aromatic carbocycles. The van der Waals surface area contributed by atoms with Gasteiger partial charge >= 0.3 is 0 Å². The predicted octanol–water partition coefficient (Wildman–Crippen LogP) is 4.37. The quantitative estimate of drug-likeness (QED) is 0.436. The highest BCUT2D eigenvalue weighted by Crippen LogP contribution is 2.40. The van der Waals surface area contributed by atoms with Crippen LogP contribution in [0.3, 0.4) is 0 Å². The fraction of sp³-hybridized carbons (Fsp3) is 0.192. The number of nitrogens with two attached hydrogens (primary N) is 1. The first-order chi connectivity index (χ1) is 15.9. The lowest BCUT2D eigenvalue weighted by atomic mass is 9.70. The zero-order valence-electron chi connectivity index (χ0n) is 18.0. The van der Waals surface area contributed by atoms with E-state index in [1.807, 2.05) is 49.4 Å². The van der Waals surface area contributed by atoms with E-state index in [1.165, 1.54) is 12.1 Å². The van der Waals surface area contributed by atoms with Crippen LogP contribution in [0.5, 0.6) is 0 Å². The Morgan fingerprint density at radius 3 is 2.58 bits per heavy atom. The second-order valence-electron chi connectivity index (χ2n) is 8.92. The van der Waals surface area contributed by atoms with E-state index in [2.05, 4.69) is 10.1 Å². The average molecular weight is 439 g/mol. The molecule has 0 radical (unpaired) electrons. The lowest BCUT2D eigenvalue weighted by molar-refractivity contribution is 0.0209. The van der Waals surface area contributed by atoms with Crippen molar-refractivity contribution >= 4 is 16.7 Å². The summed E-state index contributed by atoms with van der Waals surface area (Å²) in [5.41, 5.74) is 12.3. The van der Waals surface area contributed by atoms with Crippen LogP contribution in [0.25, 0.3) is 39.1 Å². The topological polar surface area (TPSA) is 89.3 Å². The molecule has 7 heteroatoms. The number of rotatable bonds is 3. The van der Waals surface area contributed by atoms with Gasteiger partial charge in [-0.3, -0.25) is 0 Å². The van der Waals surface area contributed by atoms with Crippen LogP contribution in [0.4, 0.5) is 4.39 Å². The second kappa shape index (κ2) is 7.16. The second-order valence-corrected chi connectivity index (χ2v) is 8.92. The van der Waals surface area contributed by atoms with Crippen molar-refractivity contribution in [2.75, 3.05) is 0 Å². The maximum absolute atomic E-state index is 14.1. The number of nitrogens with zero attached hydrogens (tertiary/aromatic N) is 4. The number of pyridine rings is 1. The Hall–Kier alpha value is -3.68. The summed E-state index contributed by atoms with van der Waals surface area (Å²) in [6.45, 7) is 1.92. The number of hydrogen-bond donors (Lipinski definition) is 2. The van der Waals surface area contributed by atoms with Crippen LogP contribution in [0.2, 0.25) is 0 Å². The van der Waals surface area contributed by atoms with Crippen molar-refractivity contribution in [3.05, 3.63) is 83.9 Å². The SMILES string of the molecule is Cc1cc2ncc3cc(-c4cccc(F)c4)c(-c4ccc([C@]5(N)C[C@H](O)C5)cc4)nc3n2n1. The molecule has 6 nitrogen and oxygen atoms in total. The number of aliphatic hydroxyl groups is 1. The number of hydrogen-bond acceptors (Lipinski definition) is 5. The molecule has 164 valence electrons. The van der Waals surface area contributed by atoms with Gasteiger partial charge in [0.1, 0.15) is 5.82 Å². The van der Waals surface area contributed by atoms with Gasteiger partial charge in [0.2, 0.25) is 0 Å². The summed E-state index contributed by atoms with van der Waals surface area (Å²) in [4.78, 5) is 9.50. The van der Waals surface area contributed by atoms with Crippen LogP contribution in [0.1, 0.15) is 24.1 Å². The summed E-state index contributed by atoms with van der Waals surface area (Å²) < 4.78 is 15.8. The molecular formula is C26H22FN5O. The summed E-state index contributed by atoms with van der Waals surface area (Å²) >= 11 is 0. The van der Waals surface area contributed by atoms with E-state index in [1.54, 1.807) is 16.8 Å². The number of fused-ring (bicyclic) bond motifs is 3. The van der Waals surface area contributed by atoms with Crippen LogP contribution in [-0.4, -0.2) is 30.8 Å². The Balaban J connectivity index is 1.56. The Morgan fingerprint density at radius 2 is 1.85 bits per heavy atom. The molecule has 0 saturated heterocycles. The van der Waals surface area contributed by atoms with E-state index in [-0.39, 0.29) is 11.9 Å². The van der Waals surface area contributed by atoms with E-state index in [0.29, 0.717) is 18.5 Å². The normalized spacial score (nSPS) is 20.3. The molecule has 0 atom stereocenters. The minimum absolute atomic E-state index is 0.307. The van der Waals surface area contributed by atoms with Crippen molar-refractivity contribution in [2.45, 2.75) is 31.4 Å². The third-order valence-corrected chi connectivity index (χ3v) is 6.45. The van der Waals surface area contributed by atoms with Crippen LogP contribution < -0.4 is 5.73 Å². The third-order valence-electron chi connectivity index (χ3n) is 6.45. The van der Waals surface area contributed by atoms with E-state index < -0.39 is 5.54 Å². The first-order valence-electron chi connectivity index (χ1n) is 10.9. The predicted molar refractivity (Wildman–Crippen MR) is 125 cm³/mol. The van der Waals surface area contributed by atoms with Crippen molar-refractivity contribution in [3.63, 3.8) is 0 Å². The number of halogens is 1.